The second-order valence-corrected chi connectivity index (χ2v) is 7.46. The van der Waals surface area contributed by atoms with Crippen LogP contribution in [-0.2, 0) is 37.1 Å². The Morgan fingerprint density at radius 2 is 1.81 bits per heavy atom. The minimum atomic E-state index is 0. The van der Waals surface area contributed by atoms with E-state index in [0.29, 0.717) is 5.92 Å². The normalized spacial score (nSPS) is 14.0. The summed E-state index contributed by atoms with van der Waals surface area (Å²) in [5, 5.41) is 0. The summed E-state index contributed by atoms with van der Waals surface area (Å²) < 4.78 is 2.17. The molecule has 2 aliphatic rings. The van der Waals surface area contributed by atoms with E-state index in [4.69, 9.17) is 0 Å². The van der Waals surface area contributed by atoms with Crippen LogP contribution in [0, 0.1) is 19.4 Å². The summed E-state index contributed by atoms with van der Waals surface area (Å²) in [5.41, 5.74) is 5.96. The monoisotopic (exact) mass is 421 g/mol. The SMILES string of the molecule is CC(C)C1=CC[C-]=C1.[CH3-].[Zr]=[CH]c1ccccc1.c1cc2c([cH-]1)CCCC2. The van der Waals surface area contributed by atoms with Crippen LogP contribution in [-0.4, -0.2) is 3.71 Å². The first kappa shape index (κ1) is 22.8. The quantitative estimate of drug-likeness (QED) is 0.488. The van der Waals surface area contributed by atoms with Crippen LogP contribution in [0.25, 0.3) is 0 Å². The second-order valence-electron chi connectivity index (χ2n) is 6.75. The van der Waals surface area contributed by atoms with Crippen LogP contribution in [0.15, 0.2) is 66.3 Å². The van der Waals surface area contributed by atoms with Gasteiger partial charge in [0.2, 0.25) is 0 Å². The fourth-order valence-corrected chi connectivity index (χ4v) is 3.45. The summed E-state index contributed by atoms with van der Waals surface area (Å²) in [4.78, 5) is 0. The first-order valence-electron chi connectivity index (χ1n) is 9.26. The molecular formula is C25H31Zr-3. The molecule has 0 saturated heterocycles. The molecule has 2 aromatic carbocycles. The van der Waals surface area contributed by atoms with E-state index in [0.717, 1.165) is 6.42 Å². The Bertz CT molecular complexity index is 665. The number of hydrogen-bond donors (Lipinski definition) is 0. The molecule has 0 atom stereocenters. The van der Waals surface area contributed by atoms with E-state index in [-0.39, 0.29) is 7.43 Å². The number of rotatable bonds is 2. The molecule has 2 aromatic rings. The predicted octanol–water partition coefficient (Wildman–Crippen LogP) is 6.45. The molecule has 0 spiro atoms. The van der Waals surface area contributed by atoms with Gasteiger partial charge in [-0.2, -0.15) is 34.9 Å². The smallest absolute Gasteiger partial charge is 0.0512 e. The van der Waals surface area contributed by atoms with Crippen molar-refractivity contribution in [2.75, 3.05) is 0 Å². The molecule has 0 nitrogen and oxygen atoms in total. The van der Waals surface area contributed by atoms with Gasteiger partial charge >= 0.3 is 63.8 Å². The molecule has 2 aliphatic carbocycles. The van der Waals surface area contributed by atoms with Gasteiger partial charge in [-0.15, -0.1) is 6.42 Å². The third-order valence-electron chi connectivity index (χ3n) is 4.51. The standard InChI is InChI=1S/C9H11.C8H11.C7H6.CH3.Zr/c1-2-5-9-7-3-6-8(9)4-1;1-7(2)8-5-3-4-6-8;1-7-5-3-2-4-6-7;;/h3,6-7H,1-2,4-5H2;5-7H,3H2,1-2H3;1-6H;1H3;/q2*-1;;-1;. The molecule has 0 saturated carbocycles. The van der Waals surface area contributed by atoms with E-state index >= 15 is 0 Å². The average molecular weight is 423 g/mol. The van der Waals surface area contributed by atoms with Crippen LogP contribution < -0.4 is 0 Å². The first-order valence-corrected chi connectivity index (χ1v) is 10.7. The van der Waals surface area contributed by atoms with Crippen molar-refractivity contribution in [3.8, 4) is 0 Å². The Kier molecular flexibility index (Phi) is 11.5. The maximum Gasteiger partial charge on any atom is -0.0512 e. The second kappa shape index (κ2) is 13.0. The van der Waals surface area contributed by atoms with Crippen LogP contribution >= 0.6 is 0 Å². The molecule has 138 valence electrons. The zero-order chi connectivity index (χ0) is 17.9. The first-order chi connectivity index (χ1) is 12.2. The zero-order valence-electron chi connectivity index (χ0n) is 16.5. The molecule has 0 fully saturated rings. The number of hydrogen-bond acceptors (Lipinski definition) is 0. The van der Waals surface area contributed by atoms with E-state index in [1.54, 1.807) is 11.1 Å². The number of fused-ring (bicyclic) bond motifs is 1. The van der Waals surface area contributed by atoms with Gasteiger partial charge in [-0.3, -0.25) is 6.08 Å². The molecule has 0 aliphatic heterocycles. The van der Waals surface area contributed by atoms with Crippen LogP contribution in [0.5, 0.6) is 0 Å². The Labute approximate surface area is 175 Å². The largest absolute Gasteiger partial charge is 0.210 e. The molecular weight excluding hydrogens is 391 g/mol. The molecule has 0 aromatic heterocycles. The molecule has 0 bridgehead atoms. The topological polar surface area (TPSA) is 0 Å². The Hall–Kier alpha value is -1.20. The Morgan fingerprint density at radius 3 is 2.31 bits per heavy atom. The van der Waals surface area contributed by atoms with Gasteiger partial charge in [-0.05, 0) is 0 Å². The van der Waals surface area contributed by atoms with Gasteiger partial charge in [0.25, 0.3) is 0 Å². The van der Waals surface area contributed by atoms with Gasteiger partial charge < -0.3 is 7.43 Å². The average Bonchev–Trinajstić information content (AvgIpc) is 3.35. The van der Waals surface area contributed by atoms with Crippen molar-refractivity contribution < 1.29 is 24.2 Å². The summed E-state index contributed by atoms with van der Waals surface area (Å²) in [6.07, 6.45) is 13.9. The zero-order valence-corrected chi connectivity index (χ0v) is 18.9. The molecule has 4 rings (SSSR count). The van der Waals surface area contributed by atoms with Crippen LogP contribution in [0.4, 0.5) is 0 Å². The van der Waals surface area contributed by atoms with Crippen molar-refractivity contribution in [1.29, 1.82) is 0 Å². The fourth-order valence-electron chi connectivity index (χ4n) is 2.98. The van der Waals surface area contributed by atoms with Crippen molar-refractivity contribution in [3.63, 3.8) is 0 Å². The van der Waals surface area contributed by atoms with Gasteiger partial charge in [-0.1, -0.05) is 45.4 Å². The number of allylic oxidation sites excluding steroid dienone is 4. The van der Waals surface area contributed by atoms with Crippen molar-refractivity contribution in [2.45, 2.75) is 46.0 Å². The van der Waals surface area contributed by atoms with Gasteiger partial charge in [0.15, 0.2) is 0 Å². The third kappa shape index (κ3) is 8.00. The molecule has 0 N–H and O–H groups in total. The molecule has 26 heavy (non-hydrogen) atoms. The van der Waals surface area contributed by atoms with Crippen molar-refractivity contribution in [3.05, 3.63) is 96.4 Å². The summed E-state index contributed by atoms with van der Waals surface area (Å²) in [7, 11) is 0. The maximum absolute atomic E-state index is 3.14. The van der Waals surface area contributed by atoms with Crippen LogP contribution in [0.1, 0.15) is 49.8 Å². The Morgan fingerprint density at radius 1 is 1.08 bits per heavy atom. The molecule has 0 amide bonds. The van der Waals surface area contributed by atoms with E-state index in [1.165, 1.54) is 61.1 Å². The number of aryl methyl sites for hydroxylation is 2. The minimum absolute atomic E-state index is 0. The van der Waals surface area contributed by atoms with Crippen molar-refractivity contribution in [2.24, 2.45) is 5.92 Å². The minimum Gasteiger partial charge on any atom is -0.210 e. The van der Waals surface area contributed by atoms with E-state index in [9.17, 15) is 0 Å². The molecule has 1 heteroatoms. The fraction of sp³-hybridized carbons (Fsp3) is 0.320. The summed E-state index contributed by atoms with van der Waals surface area (Å²) in [6.45, 7) is 4.41. The summed E-state index contributed by atoms with van der Waals surface area (Å²) >= 11 is 1.46. The van der Waals surface area contributed by atoms with E-state index in [2.05, 4.69) is 78.2 Å². The third-order valence-corrected chi connectivity index (χ3v) is 5.33. The predicted molar refractivity (Wildman–Crippen MR) is 112 cm³/mol. The molecule has 0 unspecified atom stereocenters. The Balaban J connectivity index is 0.000000192. The van der Waals surface area contributed by atoms with E-state index in [1.807, 2.05) is 6.07 Å². The van der Waals surface area contributed by atoms with Gasteiger partial charge in [0, 0.05) is 0 Å². The van der Waals surface area contributed by atoms with Gasteiger partial charge in [0.1, 0.15) is 0 Å². The van der Waals surface area contributed by atoms with Crippen LogP contribution in [0.2, 0.25) is 0 Å². The van der Waals surface area contributed by atoms with Crippen molar-refractivity contribution >= 4 is 3.71 Å². The van der Waals surface area contributed by atoms with Gasteiger partial charge in [-0.25, -0.2) is 12.1 Å². The number of benzene rings is 1. The summed E-state index contributed by atoms with van der Waals surface area (Å²) in [6, 6.07) is 17.0. The van der Waals surface area contributed by atoms with E-state index < -0.39 is 0 Å². The molecule has 0 heterocycles. The van der Waals surface area contributed by atoms with Crippen LogP contribution in [0.3, 0.4) is 0 Å². The summed E-state index contributed by atoms with van der Waals surface area (Å²) in [5.74, 6) is 0.685. The maximum atomic E-state index is 3.14. The van der Waals surface area contributed by atoms with Gasteiger partial charge in [0.05, 0.1) is 0 Å². The van der Waals surface area contributed by atoms with Crippen molar-refractivity contribution in [1.82, 2.24) is 0 Å². The molecule has 0 radical (unpaired) electrons.